The molecule has 1 N–H and O–H groups in total. The third kappa shape index (κ3) is 6.17. The molecule has 0 aromatic rings. The Morgan fingerprint density at radius 1 is 1.20 bits per heavy atom. The largest absolute Gasteiger partial charge is 0.468 e. The fraction of sp³-hybridized carbons (Fsp3) is 0.929. The van der Waals surface area contributed by atoms with Gasteiger partial charge >= 0.3 is 5.97 Å². The number of hydrogen-bond acceptors (Lipinski definition) is 6. The lowest BCUT2D eigenvalue weighted by Gasteiger charge is -2.35. The molecule has 0 bridgehead atoms. The van der Waals surface area contributed by atoms with E-state index in [4.69, 9.17) is 14.2 Å². The van der Waals surface area contributed by atoms with E-state index in [1.807, 2.05) is 6.92 Å². The summed E-state index contributed by atoms with van der Waals surface area (Å²) in [6.45, 7) is 6.89. The summed E-state index contributed by atoms with van der Waals surface area (Å²) in [5, 5.41) is 3.06. The quantitative estimate of drug-likeness (QED) is 0.560. The fourth-order valence-electron chi connectivity index (χ4n) is 2.20. The van der Waals surface area contributed by atoms with E-state index in [2.05, 4.69) is 17.1 Å². The van der Waals surface area contributed by atoms with E-state index in [0.717, 1.165) is 13.1 Å². The van der Waals surface area contributed by atoms with Gasteiger partial charge in [0, 0.05) is 33.4 Å². The molecule has 0 aromatic carbocycles. The van der Waals surface area contributed by atoms with Crippen molar-refractivity contribution in [2.75, 3.05) is 54.7 Å². The van der Waals surface area contributed by atoms with Gasteiger partial charge in [0.05, 0.1) is 20.3 Å². The molecule has 0 aliphatic carbocycles. The van der Waals surface area contributed by atoms with Crippen LogP contribution in [0.25, 0.3) is 0 Å². The van der Waals surface area contributed by atoms with Crippen LogP contribution in [-0.4, -0.2) is 77.1 Å². The summed E-state index contributed by atoms with van der Waals surface area (Å²) < 4.78 is 15.2. The van der Waals surface area contributed by atoms with E-state index in [0.29, 0.717) is 19.6 Å². The molecule has 20 heavy (non-hydrogen) atoms. The zero-order chi connectivity index (χ0) is 15.6. The highest BCUT2D eigenvalue weighted by molar-refractivity contribution is 5.80. The van der Waals surface area contributed by atoms with Gasteiger partial charge in [-0.1, -0.05) is 0 Å². The summed E-state index contributed by atoms with van der Waals surface area (Å²) in [6, 6.07) is 0.205. The Kier molecular flexibility index (Phi) is 9.75. The van der Waals surface area contributed by atoms with Gasteiger partial charge in [-0.2, -0.15) is 0 Å². The lowest BCUT2D eigenvalue weighted by atomic mass is 9.93. The highest BCUT2D eigenvalue weighted by Gasteiger charge is 2.35. The fourth-order valence-corrected chi connectivity index (χ4v) is 2.20. The second-order valence-electron chi connectivity index (χ2n) is 5.15. The third-order valence-corrected chi connectivity index (χ3v) is 3.68. The van der Waals surface area contributed by atoms with Gasteiger partial charge in [-0.3, -0.25) is 9.69 Å². The molecule has 6 heteroatoms. The van der Waals surface area contributed by atoms with E-state index in [-0.39, 0.29) is 12.0 Å². The molecular formula is C14H30N2O4. The van der Waals surface area contributed by atoms with Gasteiger partial charge in [0.2, 0.25) is 0 Å². The van der Waals surface area contributed by atoms with Crippen molar-refractivity contribution in [1.82, 2.24) is 10.2 Å². The molecule has 0 saturated carbocycles. The molecule has 0 aromatic heterocycles. The first-order chi connectivity index (χ1) is 9.45. The predicted octanol–water partition coefficient (Wildman–Crippen LogP) is 0.511. The molecule has 0 amide bonds. The Hall–Kier alpha value is -0.690. The van der Waals surface area contributed by atoms with Gasteiger partial charge in [0.15, 0.2) is 0 Å². The summed E-state index contributed by atoms with van der Waals surface area (Å²) in [5.74, 6) is -0.245. The van der Waals surface area contributed by atoms with Gasteiger partial charge in [0.25, 0.3) is 0 Å². The summed E-state index contributed by atoms with van der Waals surface area (Å²) in [7, 11) is 6.56. The van der Waals surface area contributed by atoms with Crippen molar-refractivity contribution in [3.8, 4) is 0 Å². The van der Waals surface area contributed by atoms with E-state index < -0.39 is 5.54 Å². The number of esters is 1. The number of hydrogen-bond donors (Lipinski definition) is 1. The number of nitrogens with one attached hydrogen (secondary N) is 1. The molecular weight excluding hydrogens is 260 g/mol. The minimum Gasteiger partial charge on any atom is -0.468 e. The SMILES string of the molecule is CNC(C)(CC(C)N(CCOC)CCOC)C(=O)OC. The van der Waals surface area contributed by atoms with Gasteiger partial charge in [-0.25, -0.2) is 0 Å². The van der Waals surface area contributed by atoms with Crippen LogP contribution in [0, 0.1) is 0 Å². The Morgan fingerprint density at radius 2 is 1.70 bits per heavy atom. The van der Waals surface area contributed by atoms with Gasteiger partial charge in [-0.15, -0.1) is 0 Å². The normalized spacial score (nSPS) is 15.9. The van der Waals surface area contributed by atoms with Crippen molar-refractivity contribution in [3.05, 3.63) is 0 Å². The average molecular weight is 290 g/mol. The van der Waals surface area contributed by atoms with Crippen LogP contribution in [0.15, 0.2) is 0 Å². The van der Waals surface area contributed by atoms with Crippen LogP contribution in [0.4, 0.5) is 0 Å². The zero-order valence-corrected chi connectivity index (χ0v) is 13.7. The maximum absolute atomic E-state index is 11.9. The molecule has 0 spiro atoms. The van der Waals surface area contributed by atoms with Crippen molar-refractivity contribution in [1.29, 1.82) is 0 Å². The third-order valence-electron chi connectivity index (χ3n) is 3.68. The first-order valence-electron chi connectivity index (χ1n) is 6.94. The topological polar surface area (TPSA) is 60.0 Å². The standard InChI is InChI=1S/C14H30N2O4/c1-12(11-14(2,15-3)13(17)20-6)16(7-9-18-4)8-10-19-5/h12,15H,7-11H2,1-6H3. The number of likely N-dealkylation sites (N-methyl/N-ethyl adjacent to an activating group) is 1. The Balaban J connectivity index is 4.68. The average Bonchev–Trinajstić information content (AvgIpc) is 2.46. The molecule has 0 saturated heterocycles. The monoisotopic (exact) mass is 290 g/mol. The minimum absolute atomic E-state index is 0.205. The Bertz CT molecular complexity index is 268. The number of ether oxygens (including phenoxy) is 3. The summed E-state index contributed by atoms with van der Waals surface area (Å²) >= 11 is 0. The lowest BCUT2D eigenvalue weighted by molar-refractivity contribution is -0.148. The van der Waals surface area contributed by atoms with E-state index in [9.17, 15) is 4.79 Å². The maximum atomic E-state index is 11.9. The van der Waals surface area contributed by atoms with Gasteiger partial charge in [0.1, 0.15) is 5.54 Å². The molecule has 0 fully saturated rings. The van der Waals surface area contributed by atoms with Crippen LogP contribution < -0.4 is 5.32 Å². The Labute approximate surface area is 122 Å². The van der Waals surface area contributed by atoms with Gasteiger partial charge < -0.3 is 19.5 Å². The first kappa shape index (κ1) is 19.3. The van der Waals surface area contributed by atoms with Crippen LogP contribution >= 0.6 is 0 Å². The van der Waals surface area contributed by atoms with Crippen molar-refractivity contribution < 1.29 is 19.0 Å². The number of nitrogens with zero attached hydrogens (tertiary/aromatic N) is 1. The highest BCUT2D eigenvalue weighted by atomic mass is 16.5. The van der Waals surface area contributed by atoms with Crippen LogP contribution in [0.5, 0.6) is 0 Å². The predicted molar refractivity (Wildman–Crippen MR) is 78.9 cm³/mol. The highest BCUT2D eigenvalue weighted by Crippen LogP contribution is 2.17. The van der Waals surface area contributed by atoms with Crippen molar-refractivity contribution >= 4 is 5.97 Å². The summed E-state index contributed by atoms with van der Waals surface area (Å²) in [6.07, 6.45) is 0.656. The number of carbonyl (C=O) groups is 1. The Morgan fingerprint density at radius 3 is 2.05 bits per heavy atom. The van der Waals surface area contributed by atoms with Crippen molar-refractivity contribution in [3.63, 3.8) is 0 Å². The van der Waals surface area contributed by atoms with E-state index in [1.54, 1.807) is 21.3 Å². The van der Waals surface area contributed by atoms with Gasteiger partial charge in [-0.05, 0) is 27.3 Å². The maximum Gasteiger partial charge on any atom is 0.325 e. The summed E-state index contributed by atoms with van der Waals surface area (Å²) in [5.41, 5.74) is -0.688. The number of rotatable bonds is 11. The smallest absolute Gasteiger partial charge is 0.325 e. The number of carbonyl (C=O) groups excluding carboxylic acids is 1. The molecule has 0 heterocycles. The molecule has 0 rings (SSSR count). The molecule has 2 unspecified atom stereocenters. The van der Waals surface area contributed by atoms with E-state index in [1.165, 1.54) is 7.11 Å². The zero-order valence-electron chi connectivity index (χ0n) is 13.7. The first-order valence-corrected chi connectivity index (χ1v) is 6.94. The van der Waals surface area contributed by atoms with E-state index >= 15 is 0 Å². The minimum atomic E-state index is -0.688. The van der Waals surface area contributed by atoms with Crippen molar-refractivity contribution in [2.24, 2.45) is 0 Å². The molecule has 0 aliphatic heterocycles. The van der Waals surface area contributed by atoms with Crippen LogP contribution in [0.3, 0.4) is 0 Å². The summed E-state index contributed by atoms with van der Waals surface area (Å²) in [4.78, 5) is 14.2. The second-order valence-corrected chi connectivity index (χ2v) is 5.15. The van der Waals surface area contributed by atoms with Crippen LogP contribution in [-0.2, 0) is 19.0 Å². The molecule has 6 nitrogen and oxygen atoms in total. The number of methoxy groups -OCH3 is 3. The van der Waals surface area contributed by atoms with Crippen LogP contribution in [0.1, 0.15) is 20.3 Å². The molecule has 0 radical (unpaired) electrons. The molecule has 0 aliphatic rings. The molecule has 2 atom stereocenters. The van der Waals surface area contributed by atoms with Crippen molar-refractivity contribution in [2.45, 2.75) is 31.8 Å². The van der Waals surface area contributed by atoms with Crippen LogP contribution in [0.2, 0.25) is 0 Å². The lowest BCUT2D eigenvalue weighted by Crippen LogP contribution is -2.53. The second kappa shape index (κ2) is 10.1. The molecule has 120 valence electrons.